The van der Waals surface area contributed by atoms with E-state index < -0.39 is 0 Å². The fourth-order valence-corrected chi connectivity index (χ4v) is 5.06. The normalized spacial score (nSPS) is 25.0. The van der Waals surface area contributed by atoms with E-state index in [2.05, 4.69) is 91.6 Å². The van der Waals surface area contributed by atoms with Crippen LogP contribution in [0.4, 0.5) is 5.69 Å². The van der Waals surface area contributed by atoms with Crippen LogP contribution in [0.1, 0.15) is 36.6 Å². The molecule has 4 rings (SSSR count). The van der Waals surface area contributed by atoms with Gasteiger partial charge in [0, 0.05) is 28.5 Å². The van der Waals surface area contributed by atoms with Gasteiger partial charge < -0.3 is 0 Å². The second-order valence-electron chi connectivity index (χ2n) is 7.31. The van der Waals surface area contributed by atoms with E-state index in [1.807, 2.05) is 11.3 Å². The monoisotopic (exact) mass is 334 g/mol. The molecule has 0 bridgehead atoms. The fourth-order valence-electron chi connectivity index (χ4n) is 4.17. The second kappa shape index (κ2) is 5.86. The first kappa shape index (κ1) is 15.6. The molecule has 2 atom stereocenters. The van der Waals surface area contributed by atoms with Crippen LogP contribution >= 0.6 is 11.3 Å². The molecule has 2 heteroatoms. The molecule has 0 saturated carbocycles. The summed E-state index contributed by atoms with van der Waals surface area (Å²) in [5.41, 5.74) is 4.21. The van der Waals surface area contributed by atoms with E-state index in [9.17, 15) is 0 Å². The Labute approximate surface area is 148 Å². The molecule has 0 saturated heterocycles. The van der Waals surface area contributed by atoms with Crippen LogP contribution in [0, 0.1) is 5.92 Å². The van der Waals surface area contributed by atoms with Crippen molar-refractivity contribution in [1.82, 2.24) is 0 Å². The maximum Gasteiger partial charge on any atom is 0.209 e. The maximum absolute atomic E-state index is 2.43. The highest BCUT2D eigenvalue weighted by molar-refractivity contribution is 7.10. The zero-order valence-electron chi connectivity index (χ0n) is 14.6. The van der Waals surface area contributed by atoms with Crippen molar-refractivity contribution in [2.24, 2.45) is 5.92 Å². The lowest BCUT2D eigenvalue weighted by Crippen LogP contribution is -2.26. The first-order valence-corrected chi connectivity index (χ1v) is 9.56. The van der Waals surface area contributed by atoms with E-state index in [1.54, 1.807) is 0 Å². The van der Waals surface area contributed by atoms with Gasteiger partial charge in [0.15, 0.2) is 5.71 Å². The Balaban J connectivity index is 1.64. The van der Waals surface area contributed by atoms with E-state index >= 15 is 0 Å². The van der Waals surface area contributed by atoms with Crippen molar-refractivity contribution in [2.45, 2.75) is 31.6 Å². The summed E-state index contributed by atoms with van der Waals surface area (Å²) < 4.78 is 2.36. The van der Waals surface area contributed by atoms with Crippen LogP contribution in [0.25, 0.3) is 0 Å². The summed E-state index contributed by atoms with van der Waals surface area (Å²) in [5, 5.41) is 2.18. The van der Waals surface area contributed by atoms with Crippen LogP contribution in [0.2, 0.25) is 0 Å². The van der Waals surface area contributed by atoms with Gasteiger partial charge in [-0.2, -0.15) is 4.58 Å². The molecule has 2 unspecified atom stereocenters. The maximum atomic E-state index is 2.43. The molecule has 24 heavy (non-hydrogen) atoms. The summed E-state index contributed by atoms with van der Waals surface area (Å²) in [6.45, 7) is 4.66. The minimum absolute atomic E-state index is 0.0618. The number of benzene rings is 1. The molecular weight excluding hydrogens is 310 g/mol. The second-order valence-corrected chi connectivity index (χ2v) is 8.29. The molecule has 0 radical (unpaired) electrons. The number of hydrogen-bond acceptors (Lipinski definition) is 1. The van der Waals surface area contributed by atoms with Crippen molar-refractivity contribution in [3.8, 4) is 0 Å². The molecule has 0 amide bonds. The van der Waals surface area contributed by atoms with Crippen LogP contribution in [-0.2, 0) is 5.41 Å². The number of allylic oxidation sites excluding steroid dienone is 4. The molecule has 0 N–H and O–H groups in total. The van der Waals surface area contributed by atoms with E-state index in [4.69, 9.17) is 0 Å². The third kappa shape index (κ3) is 2.41. The zero-order valence-corrected chi connectivity index (χ0v) is 15.4. The number of para-hydroxylation sites is 1. The zero-order chi connectivity index (χ0) is 16.7. The Bertz CT molecular complexity index is 837. The highest BCUT2D eigenvalue weighted by Gasteiger charge is 2.42. The van der Waals surface area contributed by atoms with Crippen LogP contribution < -0.4 is 0 Å². The van der Waals surface area contributed by atoms with Crippen LogP contribution in [-0.4, -0.2) is 17.3 Å². The average molecular weight is 335 g/mol. The van der Waals surface area contributed by atoms with Gasteiger partial charge in [-0.05, 0) is 37.6 Å². The lowest BCUT2D eigenvalue weighted by atomic mass is 9.81. The van der Waals surface area contributed by atoms with Gasteiger partial charge in [0.05, 0.1) is 5.41 Å². The highest BCUT2D eigenvalue weighted by atomic mass is 32.1. The van der Waals surface area contributed by atoms with Crippen LogP contribution in [0.3, 0.4) is 0 Å². The molecule has 1 aliphatic carbocycles. The van der Waals surface area contributed by atoms with Gasteiger partial charge in [-0.3, -0.25) is 0 Å². The van der Waals surface area contributed by atoms with Gasteiger partial charge in [-0.1, -0.05) is 42.5 Å². The van der Waals surface area contributed by atoms with Gasteiger partial charge in [0.1, 0.15) is 7.05 Å². The van der Waals surface area contributed by atoms with Gasteiger partial charge in [0.2, 0.25) is 5.69 Å². The molecule has 122 valence electrons. The van der Waals surface area contributed by atoms with E-state index in [0.717, 1.165) is 6.42 Å². The quantitative estimate of drug-likeness (QED) is 0.502. The predicted molar refractivity (Wildman–Crippen MR) is 104 cm³/mol. The number of fused-ring (bicyclic) bond motifs is 1. The summed E-state index contributed by atoms with van der Waals surface area (Å²) in [4.78, 5) is 1.48. The van der Waals surface area contributed by atoms with Gasteiger partial charge in [0.25, 0.3) is 0 Å². The summed E-state index contributed by atoms with van der Waals surface area (Å²) in [5.74, 6) is 1.11. The summed E-state index contributed by atoms with van der Waals surface area (Å²) in [7, 11) is 2.19. The van der Waals surface area contributed by atoms with E-state index in [-0.39, 0.29) is 5.41 Å². The minimum atomic E-state index is 0.0618. The molecule has 2 aromatic rings. The molecule has 1 aromatic heterocycles. The average Bonchev–Trinajstić information content (AvgIpc) is 3.28. The molecular formula is C22H24NS+. The first-order chi connectivity index (χ1) is 11.6. The van der Waals surface area contributed by atoms with Gasteiger partial charge in [-0.15, -0.1) is 11.3 Å². The molecule has 1 aromatic carbocycles. The van der Waals surface area contributed by atoms with Crippen molar-refractivity contribution in [3.05, 3.63) is 76.5 Å². The Morgan fingerprint density at radius 3 is 2.75 bits per heavy atom. The number of nitrogens with zero attached hydrogens (tertiary/aromatic N) is 1. The van der Waals surface area contributed by atoms with E-state index in [0.29, 0.717) is 11.8 Å². The fraction of sp³-hybridized carbons (Fsp3) is 0.318. The Morgan fingerprint density at radius 2 is 2.00 bits per heavy atom. The van der Waals surface area contributed by atoms with Crippen LogP contribution in [0.5, 0.6) is 0 Å². The molecule has 2 heterocycles. The standard InChI is InChI=1S/C22H24NS/c1-22(2)18-10-4-5-11-19(18)23(3)21(22)14-13-16-8-6-9-17(16)20-12-7-15-24-20/h4-7,9-17H,8H2,1-3H3/q+1. The summed E-state index contributed by atoms with van der Waals surface area (Å²) in [6, 6.07) is 13.2. The van der Waals surface area contributed by atoms with Crippen LogP contribution in [0.15, 0.2) is 66.1 Å². The molecule has 0 spiro atoms. The van der Waals surface area contributed by atoms with Crippen molar-refractivity contribution < 1.29 is 4.58 Å². The minimum Gasteiger partial charge on any atom is -0.198 e. The molecule has 2 aliphatic rings. The highest BCUT2D eigenvalue weighted by Crippen LogP contribution is 2.41. The SMILES string of the molecule is C[N+]1=C(C=CC2CC=CC2c2cccs2)C(C)(C)c2ccccc21. The molecule has 1 aliphatic heterocycles. The predicted octanol–water partition coefficient (Wildman–Crippen LogP) is 5.67. The Morgan fingerprint density at radius 1 is 1.17 bits per heavy atom. The first-order valence-electron chi connectivity index (χ1n) is 8.68. The number of hydrogen-bond donors (Lipinski definition) is 0. The largest absolute Gasteiger partial charge is 0.209 e. The van der Waals surface area contributed by atoms with Crippen molar-refractivity contribution in [1.29, 1.82) is 0 Å². The number of thiophene rings is 1. The summed E-state index contributed by atoms with van der Waals surface area (Å²) in [6.07, 6.45) is 10.7. The number of rotatable bonds is 3. The molecule has 0 fully saturated rings. The lowest BCUT2D eigenvalue weighted by molar-refractivity contribution is -0.401. The third-order valence-electron chi connectivity index (χ3n) is 5.53. The van der Waals surface area contributed by atoms with Crippen molar-refractivity contribution in [2.75, 3.05) is 7.05 Å². The van der Waals surface area contributed by atoms with Crippen molar-refractivity contribution >= 4 is 22.7 Å². The molecule has 1 nitrogen and oxygen atoms in total. The third-order valence-corrected chi connectivity index (χ3v) is 6.50. The van der Waals surface area contributed by atoms with E-state index in [1.165, 1.54) is 21.8 Å². The van der Waals surface area contributed by atoms with Crippen molar-refractivity contribution in [3.63, 3.8) is 0 Å². The lowest BCUT2D eigenvalue weighted by Gasteiger charge is -2.17. The van der Waals surface area contributed by atoms with Gasteiger partial charge >= 0.3 is 0 Å². The Kier molecular flexibility index (Phi) is 3.80. The summed E-state index contributed by atoms with van der Waals surface area (Å²) >= 11 is 1.87. The Hall–Kier alpha value is -1.93. The topological polar surface area (TPSA) is 3.01 Å². The van der Waals surface area contributed by atoms with Gasteiger partial charge in [-0.25, -0.2) is 0 Å². The smallest absolute Gasteiger partial charge is 0.198 e.